The third-order valence-corrected chi connectivity index (χ3v) is 5.32. The van der Waals surface area contributed by atoms with E-state index in [0.717, 1.165) is 29.9 Å². The Morgan fingerprint density at radius 3 is 2.54 bits per heavy atom. The second-order valence-corrected chi connectivity index (χ2v) is 6.78. The molecule has 1 aromatic carbocycles. The first-order chi connectivity index (χ1) is 11.6. The number of carbonyl (C=O) groups is 1. The van der Waals surface area contributed by atoms with Gasteiger partial charge in [-0.15, -0.1) is 0 Å². The van der Waals surface area contributed by atoms with Crippen LogP contribution in [0.1, 0.15) is 70.3 Å². The van der Waals surface area contributed by atoms with Gasteiger partial charge in [0.2, 0.25) is 0 Å². The quantitative estimate of drug-likeness (QED) is 0.590. The summed E-state index contributed by atoms with van der Waals surface area (Å²) in [4.78, 5) is 14.1. The summed E-state index contributed by atoms with van der Waals surface area (Å²) in [7, 11) is 1.44. The van der Waals surface area contributed by atoms with Crippen LogP contribution >= 0.6 is 0 Å². The van der Waals surface area contributed by atoms with Gasteiger partial charge >= 0.3 is 5.97 Å². The Hall–Kier alpha value is -1.71. The number of nitrogen functional groups attached to an aromatic ring is 1. The summed E-state index contributed by atoms with van der Waals surface area (Å²) in [6, 6.07) is 6.93. The number of hydrogen-bond acceptors (Lipinski definition) is 4. The van der Waals surface area contributed by atoms with Gasteiger partial charge < -0.3 is 15.4 Å². The number of benzene rings is 1. The van der Waals surface area contributed by atoms with E-state index >= 15 is 0 Å². The van der Waals surface area contributed by atoms with E-state index in [0.29, 0.717) is 12.5 Å². The van der Waals surface area contributed by atoms with Gasteiger partial charge in [0.05, 0.1) is 24.9 Å². The van der Waals surface area contributed by atoms with Crippen molar-refractivity contribution in [2.75, 3.05) is 24.3 Å². The van der Waals surface area contributed by atoms with Gasteiger partial charge in [-0.25, -0.2) is 0 Å². The van der Waals surface area contributed by atoms with Crippen molar-refractivity contribution in [1.29, 1.82) is 0 Å². The van der Waals surface area contributed by atoms with Crippen molar-refractivity contribution in [3.8, 4) is 0 Å². The number of ether oxygens (including phenoxy) is 1. The van der Waals surface area contributed by atoms with Crippen LogP contribution in [0.2, 0.25) is 0 Å². The molecule has 1 saturated carbocycles. The fourth-order valence-corrected chi connectivity index (χ4v) is 3.89. The zero-order valence-corrected chi connectivity index (χ0v) is 15.4. The molecule has 1 unspecified atom stereocenters. The predicted octanol–water partition coefficient (Wildman–Crippen LogP) is 4.48. The molecular weight excluding hydrogens is 300 g/mol. The molecule has 24 heavy (non-hydrogen) atoms. The number of carbonyl (C=O) groups excluding carboxylic acids is 1. The van der Waals surface area contributed by atoms with E-state index in [4.69, 9.17) is 10.5 Å². The summed E-state index contributed by atoms with van der Waals surface area (Å²) in [6.07, 6.45) is 7.81. The minimum atomic E-state index is -0.165. The van der Waals surface area contributed by atoms with Gasteiger partial charge in [0.1, 0.15) is 0 Å². The molecular formula is C20H32N2O2. The molecule has 1 aliphatic carbocycles. The largest absolute Gasteiger partial charge is 0.469 e. The monoisotopic (exact) mass is 332 g/mol. The zero-order valence-electron chi connectivity index (χ0n) is 15.4. The van der Waals surface area contributed by atoms with Crippen molar-refractivity contribution in [2.24, 2.45) is 0 Å². The van der Waals surface area contributed by atoms with Crippen LogP contribution < -0.4 is 10.6 Å². The van der Waals surface area contributed by atoms with Crippen molar-refractivity contribution in [3.05, 3.63) is 23.8 Å². The minimum absolute atomic E-state index is 0.165. The van der Waals surface area contributed by atoms with Crippen LogP contribution in [-0.4, -0.2) is 25.7 Å². The van der Waals surface area contributed by atoms with Gasteiger partial charge in [0.15, 0.2) is 0 Å². The van der Waals surface area contributed by atoms with Crippen molar-refractivity contribution >= 4 is 17.3 Å². The Balaban J connectivity index is 2.19. The number of methoxy groups -OCH3 is 1. The van der Waals surface area contributed by atoms with Crippen LogP contribution in [0.5, 0.6) is 0 Å². The molecule has 0 radical (unpaired) electrons. The minimum Gasteiger partial charge on any atom is -0.469 e. The number of anilines is 2. The molecule has 0 aliphatic heterocycles. The highest BCUT2D eigenvalue weighted by atomic mass is 16.5. The van der Waals surface area contributed by atoms with Gasteiger partial charge in [-0.05, 0) is 49.8 Å². The van der Waals surface area contributed by atoms with Crippen LogP contribution in [-0.2, 0) is 9.53 Å². The summed E-state index contributed by atoms with van der Waals surface area (Å²) in [6.45, 7) is 5.28. The molecule has 0 bridgehead atoms. The van der Waals surface area contributed by atoms with Gasteiger partial charge in [0, 0.05) is 12.6 Å². The topological polar surface area (TPSA) is 55.6 Å². The Morgan fingerprint density at radius 2 is 2.00 bits per heavy atom. The van der Waals surface area contributed by atoms with Crippen molar-refractivity contribution in [3.63, 3.8) is 0 Å². The molecule has 4 heteroatoms. The Bertz CT molecular complexity index is 538. The fourth-order valence-electron chi connectivity index (χ4n) is 3.89. The number of rotatable bonds is 7. The second-order valence-electron chi connectivity index (χ2n) is 6.78. The molecule has 2 rings (SSSR count). The van der Waals surface area contributed by atoms with Crippen LogP contribution in [0.3, 0.4) is 0 Å². The van der Waals surface area contributed by atoms with E-state index in [-0.39, 0.29) is 11.9 Å². The maximum atomic E-state index is 11.6. The molecule has 134 valence electrons. The molecule has 1 atom stereocenters. The predicted molar refractivity (Wildman–Crippen MR) is 100 cm³/mol. The SMILES string of the molecule is CCC(CC(=O)OC)c1ccc(N(CC)C2CCCCC2)c(N)c1. The molecule has 0 heterocycles. The number of nitrogens with zero attached hydrogens (tertiary/aromatic N) is 1. The summed E-state index contributed by atoms with van der Waals surface area (Å²) >= 11 is 0. The smallest absolute Gasteiger partial charge is 0.306 e. The van der Waals surface area contributed by atoms with E-state index in [2.05, 4.69) is 36.9 Å². The lowest BCUT2D eigenvalue weighted by Gasteiger charge is -2.36. The summed E-state index contributed by atoms with van der Waals surface area (Å²) in [5.74, 6) is 0.000412. The van der Waals surface area contributed by atoms with E-state index < -0.39 is 0 Å². The first-order valence-corrected chi connectivity index (χ1v) is 9.33. The first-order valence-electron chi connectivity index (χ1n) is 9.33. The van der Waals surface area contributed by atoms with Crippen LogP contribution in [0.4, 0.5) is 11.4 Å². The van der Waals surface area contributed by atoms with E-state index in [9.17, 15) is 4.79 Å². The normalized spacial score (nSPS) is 16.6. The van der Waals surface area contributed by atoms with Crippen molar-refractivity contribution < 1.29 is 9.53 Å². The highest BCUT2D eigenvalue weighted by Crippen LogP contribution is 2.34. The van der Waals surface area contributed by atoms with E-state index in [1.54, 1.807) is 0 Å². The first kappa shape index (κ1) is 18.6. The highest BCUT2D eigenvalue weighted by molar-refractivity contribution is 5.72. The van der Waals surface area contributed by atoms with Gasteiger partial charge in [-0.1, -0.05) is 32.3 Å². The number of hydrogen-bond donors (Lipinski definition) is 1. The summed E-state index contributed by atoms with van der Waals surface area (Å²) in [5.41, 5.74) is 9.49. The second kappa shape index (κ2) is 8.95. The third-order valence-electron chi connectivity index (χ3n) is 5.32. The summed E-state index contributed by atoms with van der Waals surface area (Å²) in [5, 5.41) is 0. The molecule has 1 aliphatic rings. The Kier molecular flexibility index (Phi) is 6.95. The molecule has 4 nitrogen and oxygen atoms in total. The lowest BCUT2D eigenvalue weighted by molar-refractivity contribution is -0.141. The molecule has 0 spiro atoms. The standard InChI is InChI=1S/C20H32N2O2/c1-4-15(14-20(23)24-3)16-11-12-19(18(21)13-16)22(5-2)17-9-7-6-8-10-17/h11-13,15,17H,4-10,14,21H2,1-3H3. The van der Waals surface area contributed by atoms with Gasteiger partial charge in [0.25, 0.3) is 0 Å². The van der Waals surface area contributed by atoms with Crippen molar-refractivity contribution in [2.45, 2.75) is 70.8 Å². The Morgan fingerprint density at radius 1 is 1.29 bits per heavy atom. The zero-order chi connectivity index (χ0) is 17.5. The van der Waals surface area contributed by atoms with Gasteiger partial charge in [-0.2, -0.15) is 0 Å². The van der Waals surface area contributed by atoms with Gasteiger partial charge in [-0.3, -0.25) is 4.79 Å². The van der Waals surface area contributed by atoms with Crippen LogP contribution in [0.25, 0.3) is 0 Å². The van der Waals surface area contributed by atoms with Crippen LogP contribution in [0.15, 0.2) is 18.2 Å². The molecule has 2 N–H and O–H groups in total. The number of esters is 1. The lowest BCUT2D eigenvalue weighted by Crippen LogP contribution is -2.37. The third kappa shape index (κ3) is 4.43. The molecule has 0 amide bonds. The lowest BCUT2D eigenvalue weighted by atomic mass is 9.91. The van der Waals surface area contributed by atoms with E-state index in [1.807, 2.05) is 0 Å². The van der Waals surface area contributed by atoms with E-state index in [1.165, 1.54) is 39.2 Å². The Labute approximate surface area is 146 Å². The maximum absolute atomic E-state index is 11.6. The summed E-state index contributed by atoms with van der Waals surface area (Å²) < 4.78 is 4.81. The number of nitrogens with two attached hydrogens (primary N) is 1. The molecule has 1 aromatic rings. The average molecular weight is 332 g/mol. The van der Waals surface area contributed by atoms with Crippen molar-refractivity contribution in [1.82, 2.24) is 0 Å². The highest BCUT2D eigenvalue weighted by Gasteiger charge is 2.22. The molecule has 0 saturated heterocycles. The maximum Gasteiger partial charge on any atom is 0.306 e. The average Bonchev–Trinajstić information content (AvgIpc) is 2.62. The van der Waals surface area contributed by atoms with Crippen LogP contribution in [0, 0.1) is 0 Å². The molecule has 0 aromatic heterocycles. The molecule has 1 fully saturated rings. The fraction of sp³-hybridized carbons (Fsp3) is 0.650.